The molecule has 2 N–H and O–H groups in total. The lowest BCUT2D eigenvalue weighted by molar-refractivity contribution is 0.0658. The number of ketones is 1. The Morgan fingerprint density at radius 1 is 1.03 bits per heavy atom. The van der Waals surface area contributed by atoms with Crippen LogP contribution in [0.4, 0.5) is 11.4 Å². The van der Waals surface area contributed by atoms with E-state index in [4.69, 9.17) is 4.74 Å². The molecule has 2 aromatic carbocycles. The highest BCUT2D eigenvalue weighted by Gasteiger charge is 2.22. The molecule has 1 fully saturated rings. The van der Waals surface area contributed by atoms with Gasteiger partial charge in [0, 0.05) is 61.6 Å². The summed E-state index contributed by atoms with van der Waals surface area (Å²) in [5.74, 6) is 0.875. The SMILES string of the molecule is CS(=O)(=O)Nc1ccc(N2CCN(CC(O)COc3cccc4c3CCCC4=O)CC2)cc1.Cl.Cl. The highest BCUT2D eigenvalue weighted by Crippen LogP contribution is 2.29. The summed E-state index contributed by atoms with van der Waals surface area (Å²) in [6.45, 7) is 3.99. The number of benzene rings is 2. The Morgan fingerprint density at radius 2 is 1.71 bits per heavy atom. The van der Waals surface area contributed by atoms with Crippen molar-refractivity contribution in [3.63, 3.8) is 0 Å². The van der Waals surface area contributed by atoms with Crippen LogP contribution in [0.5, 0.6) is 5.75 Å². The summed E-state index contributed by atoms with van der Waals surface area (Å²) in [6, 6.07) is 12.9. The summed E-state index contributed by atoms with van der Waals surface area (Å²) in [7, 11) is -3.28. The van der Waals surface area contributed by atoms with Gasteiger partial charge in [-0.25, -0.2) is 8.42 Å². The quantitative estimate of drug-likeness (QED) is 0.525. The molecule has 1 atom stereocenters. The van der Waals surface area contributed by atoms with Crippen LogP contribution in [-0.2, 0) is 16.4 Å². The first kappa shape index (κ1) is 29.2. The van der Waals surface area contributed by atoms with Gasteiger partial charge in [-0.15, -0.1) is 24.8 Å². The zero-order chi connectivity index (χ0) is 23.4. The van der Waals surface area contributed by atoms with Crippen molar-refractivity contribution in [1.82, 2.24) is 4.90 Å². The minimum absolute atomic E-state index is 0. The summed E-state index contributed by atoms with van der Waals surface area (Å²) < 4.78 is 31.1. The number of hydrogen-bond donors (Lipinski definition) is 2. The van der Waals surface area contributed by atoms with E-state index in [9.17, 15) is 18.3 Å². The molecular formula is C24H33Cl2N3O5S. The van der Waals surface area contributed by atoms with Crippen LogP contribution in [-0.4, -0.2) is 75.9 Å². The van der Waals surface area contributed by atoms with Gasteiger partial charge in [0.2, 0.25) is 10.0 Å². The molecule has 1 aliphatic heterocycles. The van der Waals surface area contributed by atoms with Crippen LogP contribution in [0.2, 0.25) is 0 Å². The van der Waals surface area contributed by atoms with Gasteiger partial charge in [0.15, 0.2) is 5.78 Å². The Bertz CT molecular complexity index is 1090. The fraction of sp³-hybridized carbons (Fsp3) is 0.458. The fourth-order valence-electron chi connectivity index (χ4n) is 4.46. The highest BCUT2D eigenvalue weighted by atomic mass is 35.5. The van der Waals surface area contributed by atoms with E-state index in [0.29, 0.717) is 24.4 Å². The topological polar surface area (TPSA) is 99.2 Å². The number of aliphatic hydroxyl groups is 1. The van der Waals surface area contributed by atoms with Gasteiger partial charge in [-0.05, 0) is 43.2 Å². The standard InChI is InChI=1S/C24H31N3O5S.2ClH/c1-33(30,31)25-18-8-10-19(11-9-18)27-14-12-26(13-15-27)16-20(28)17-32-24-7-3-4-21-22(24)5-2-6-23(21)29;;/h3-4,7-11,20,25,28H,2,5-6,12-17H2,1H3;2*1H. The molecule has 1 saturated heterocycles. The van der Waals surface area contributed by atoms with Crippen LogP contribution in [0.15, 0.2) is 42.5 Å². The Morgan fingerprint density at radius 3 is 2.37 bits per heavy atom. The van der Waals surface area contributed by atoms with E-state index in [2.05, 4.69) is 14.5 Å². The van der Waals surface area contributed by atoms with Crippen molar-refractivity contribution >= 4 is 52.0 Å². The molecule has 0 spiro atoms. The fourth-order valence-corrected chi connectivity index (χ4v) is 5.02. The second kappa shape index (κ2) is 12.8. The number of Topliss-reactive ketones (excluding diaryl/α,β-unsaturated/α-hetero) is 1. The van der Waals surface area contributed by atoms with E-state index in [1.807, 2.05) is 30.3 Å². The Hall–Kier alpha value is -2.04. The lowest BCUT2D eigenvalue weighted by Crippen LogP contribution is -2.49. The highest BCUT2D eigenvalue weighted by molar-refractivity contribution is 7.92. The normalized spacial score (nSPS) is 17.0. The number of carbonyl (C=O) groups excluding carboxylic acids is 1. The molecule has 0 bridgehead atoms. The van der Waals surface area contributed by atoms with Crippen LogP contribution < -0.4 is 14.4 Å². The van der Waals surface area contributed by atoms with Gasteiger partial charge < -0.3 is 14.7 Å². The van der Waals surface area contributed by atoms with Gasteiger partial charge in [-0.3, -0.25) is 14.4 Å². The predicted molar refractivity (Wildman–Crippen MR) is 143 cm³/mol. The Labute approximate surface area is 219 Å². The molecule has 11 heteroatoms. The lowest BCUT2D eigenvalue weighted by Gasteiger charge is -2.37. The Kier molecular flexibility index (Phi) is 10.7. The first-order chi connectivity index (χ1) is 15.8. The van der Waals surface area contributed by atoms with Crippen LogP contribution in [0.1, 0.15) is 28.8 Å². The Balaban J connectivity index is 0.00000216. The molecule has 0 saturated carbocycles. The van der Waals surface area contributed by atoms with Crippen molar-refractivity contribution in [2.24, 2.45) is 0 Å². The zero-order valence-electron chi connectivity index (χ0n) is 19.7. The number of aliphatic hydroxyl groups excluding tert-OH is 1. The second-order valence-electron chi connectivity index (χ2n) is 8.73. The molecule has 8 nitrogen and oxygen atoms in total. The monoisotopic (exact) mass is 545 g/mol. The second-order valence-corrected chi connectivity index (χ2v) is 10.5. The number of piperazine rings is 1. The molecule has 35 heavy (non-hydrogen) atoms. The minimum atomic E-state index is -3.28. The number of rotatable bonds is 8. The molecule has 1 unspecified atom stereocenters. The number of hydrogen-bond acceptors (Lipinski definition) is 7. The molecule has 2 aliphatic rings. The third-order valence-electron chi connectivity index (χ3n) is 6.07. The molecule has 4 rings (SSSR count). The largest absolute Gasteiger partial charge is 0.491 e. The maximum atomic E-state index is 12.1. The number of halogens is 2. The van der Waals surface area contributed by atoms with E-state index in [-0.39, 0.29) is 37.2 Å². The third-order valence-corrected chi connectivity index (χ3v) is 6.68. The van der Waals surface area contributed by atoms with E-state index < -0.39 is 16.1 Å². The van der Waals surface area contributed by atoms with E-state index >= 15 is 0 Å². The lowest BCUT2D eigenvalue weighted by atomic mass is 9.90. The molecular weight excluding hydrogens is 513 g/mol. The van der Waals surface area contributed by atoms with E-state index in [0.717, 1.165) is 62.1 Å². The average Bonchev–Trinajstić information content (AvgIpc) is 2.78. The van der Waals surface area contributed by atoms with Crippen molar-refractivity contribution in [2.75, 3.05) is 55.2 Å². The van der Waals surface area contributed by atoms with Gasteiger partial charge in [0.1, 0.15) is 18.5 Å². The number of ether oxygens (including phenoxy) is 1. The maximum Gasteiger partial charge on any atom is 0.229 e. The number of fused-ring (bicyclic) bond motifs is 1. The van der Waals surface area contributed by atoms with Crippen LogP contribution >= 0.6 is 24.8 Å². The van der Waals surface area contributed by atoms with Crippen molar-refractivity contribution in [2.45, 2.75) is 25.4 Å². The molecule has 0 aromatic heterocycles. The first-order valence-electron chi connectivity index (χ1n) is 11.3. The summed E-state index contributed by atoms with van der Waals surface area (Å²) >= 11 is 0. The summed E-state index contributed by atoms with van der Waals surface area (Å²) in [4.78, 5) is 16.6. The van der Waals surface area contributed by atoms with Crippen LogP contribution in [0.25, 0.3) is 0 Å². The number of nitrogens with zero attached hydrogens (tertiary/aromatic N) is 2. The zero-order valence-corrected chi connectivity index (χ0v) is 22.1. The third kappa shape index (κ3) is 7.98. The van der Waals surface area contributed by atoms with Crippen LogP contribution in [0, 0.1) is 0 Å². The van der Waals surface area contributed by atoms with E-state index in [1.54, 1.807) is 12.1 Å². The molecule has 1 heterocycles. The summed E-state index contributed by atoms with van der Waals surface area (Å²) in [5.41, 5.74) is 3.31. The maximum absolute atomic E-state index is 12.1. The predicted octanol–water partition coefficient (Wildman–Crippen LogP) is 2.98. The smallest absolute Gasteiger partial charge is 0.229 e. The van der Waals surface area contributed by atoms with Gasteiger partial charge in [0.25, 0.3) is 0 Å². The molecule has 0 amide bonds. The number of carbonyl (C=O) groups is 1. The molecule has 0 radical (unpaired) electrons. The molecule has 1 aliphatic carbocycles. The number of β-amino-alcohol motifs (C(OH)–C–C–N with tert-alkyl or cyclic N) is 1. The minimum Gasteiger partial charge on any atom is -0.491 e. The van der Waals surface area contributed by atoms with Gasteiger partial charge in [0.05, 0.1) is 6.26 Å². The van der Waals surface area contributed by atoms with Gasteiger partial charge >= 0.3 is 0 Å². The summed E-state index contributed by atoms with van der Waals surface area (Å²) in [6.07, 6.45) is 2.78. The number of nitrogens with one attached hydrogen (secondary N) is 1. The van der Waals surface area contributed by atoms with Crippen LogP contribution in [0.3, 0.4) is 0 Å². The van der Waals surface area contributed by atoms with Crippen molar-refractivity contribution in [1.29, 1.82) is 0 Å². The first-order valence-corrected chi connectivity index (χ1v) is 13.2. The van der Waals surface area contributed by atoms with Crippen molar-refractivity contribution in [3.05, 3.63) is 53.6 Å². The molecule has 2 aromatic rings. The summed E-state index contributed by atoms with van der Waals surface area (Å²) in [5, 5.41) is 10.5. The number of sulfonamides is 1. The van der Waals surface area contributed by atoms with Crippen molar-refractivity contribution < 1.29 is 23.1 Å². The number of anilines is 2. The van der Waals surface area contributed by atoms with Crippen molar-refractivity contribution in [3.8, 4) is 5.75 Å². The molecule has 194 valence electrons. The average molecular weight is 547 g/mol. The van der Waals surface area contributed by atoms with Gasteiger partial charge in [-0.1, -0.05) is 12.1 Å². The van der Waals surface area contributed by atoms with Gasteiger partial charge in [-0.2, -0.15) is 0 Å². The van der Waals surface area contributed by atoms with E-state index in [1.165, 1.54) is 0 Å².